The number of nitrogens with one attached hydrogen (secondary N) is 2. The van der Waals surface area contributed by atoms with Gasteiger partial charge in [0.05, 0.1) is 0 Å². The van der Waals surface area contributed by atoms with Crippen LogP contribution in [0.4, 0.5) is 4.79 Å². The lowest BCUT2D eigenvalue weighted by molar-refractivity contribution is 0.0510. The number of carbonyl (C=O) groups is 1. The maximum Gasteiger partial charge on any atom is 0.408 e. The van der Waals surface area contributed by atoms with Gasteiger partial charge >= 0.3 is 6.09 Å². The van der Waals surface area contributed by atoms with E-state index in [-0.39, 0.29) is 6.04 Å². The molecule has 1 heterocycles. The molecule has 0 aliphatic heterocycles. The quantitative estimate of drug-likeness (QED) is 0.910. The van der Waals surface area contributed by atoms with Crippen LogP contribution in [0.1, 0.15) is 43.9 Å². The molecule has 2 N–H and O–H groups in total. The molecule has 112 valence electrons. The molecule has 0 unspecified atom stereocenters. The predicted molar refractivity (Wildman–Crippen MR) is 81.0 cm³/mol. The van der Waals surface area contributed by atoms with Crippen molar-refractivity contribution in [2.75, 3.05) is 0 Å². The first-order chi connectivity index (χ1) is 9.85. The van der Waals surface area contributed by atoms with Crippen LogP contribution in [-0.4, -0.2) is 21.7 Å². The lowest BCUT2D eigenvalue weighted by Gasteiger charge is -2.23. The first kappa shape index (κ1) is 15.1. The number of nitrogens with zero attached hydrogens (tertiary/aromatic N) is 1. The number of hydrogen-bond donors (Lipinski definition) is 2. The van der Waals surface area contributed by atoms with E-state index in [9.17, 15) is 4.79 Å². The molecule has 21 heavy (non-hydrogen) atoms. The highest BCUT2D eigenvalue weighted by molar-refractivity contribution is 5.69. The van der Waals surface area contributed by atoms with Crippen LogP contribution in [-0.2, 0) is 4.74 Å². The SMILES string of the molecule is Cc1cnc([C@H](NC(=O)OC(C)(C)C)c2ccccc2)[nH]1. The number of ether oxygens (including phenoxy) is 1. The predicted octanol–water partition coefficient (Wildman–Crippen LogP) is 3.33. The summed E-state index contributed by atoms with van der Waals surface area (Å²) in [5.41, 5.74) is 1.35. The van der Waals surface area contributed by atoms with Gasteiger partial charge in [0, 0.05) is 11.9 Å². The lowest BCUT2D eigenvalue weighted by Crippen LogP contribution is -2.35. The summed E-state index contributed by atoms with van der Waals surface area (Å²) in [4.78, 5) is 19.5. The van der Waals surface area contributed by atoms with Gasteiger partial charge in [-0.3, -0.25) is 0 Å². The minimum Gasteiger partial charge on any atom is -0.444 e. The maximum atomic E-state index is 12.0. The van der Waals surface area contributed by atoms with Gasteiger partial charge in [-0.2, -0.15) is 0 Å². The third-order valence-electron chi connectivity index (χ3n) is 2.79. The molecule has 0 aliphatic carbocycles. The lowest BCUT2D eigenvalue weighted by atomic mass is 10.1. The maximum absolute atomic E-state index is 12.0. The minimum atomic E-state index is -0.537. The number of amides is 1. The second kappa shape index (κ2) is 5.99. The summed E-state index contributed by atoms with van der Waals surface area (Å²) >= 11 is 0. The average molecular weight is 287 g/mol. The van der Waals surface area contributed by atoms with Crippen molar-refractivity contribution in [1.82, 2.24) is 15.3 Å². The Morgan fingerprint density at radius 3 is 2.48 bits per heavy atom. The average Bonchev–Trinajstić information content (AvgIpc) is 2.81. The van der Waals surface area contributed by atoms with Gasteiger partial charge in [0.15, 0.2) is 0 Å². The van der Waals surface area contributed by atoms with E-state index >= 15 is 0 Å². The van der Waals surface area contributed by atoms with Crippen LogP contribution >= 0.6 is 0 Å². The van der Waals surface area contributed by atoms with Gasteiger partial charge in [-0.05, 0) is 33.3 Å². The van der Waals surface area contributed by atoms with Gasteiger partial charge in [-0.1, -0.05) is 30.3 Å². The Hall–Kier alpha value is -2.30. The van der Waals surface area contributed by atoms with Gasteiger partial charge in [0.2, 0.25) is 0 Å². The Bertz CT molecular complexity index is 599. The van der Waals surface area contributed by atoms with Crippen LogP contribution in [0.3, 0.4) is 0 Å². The second-order valence-electron chi connectivity index (χ2n) is 5.94. The number of imidazole rings is 1. The Morgan fingerprint density at radius 2 is 1.95 bits per heavy atom. The zero-order valence-corrected chi connectivity index (χ0v) is 12.8. The highest BCUT2D eigenvalue weighted by Crippen LogP contribution is 2.20. The van der Waals surface area contributed by atoms with Crippen LogP contribution < -0.4 is 5.32 Å². The number of benzene rings is 1. The van der Waals surface area contributed by atoms with Gasteiger partial charge in [0.1, 0.15) is 17.5 Å². The standard InChI is InChI=1S/C16H21N3O2/c1-11-10-17-14(18-11)13(12-8-6-5-7-9-12)19-15(20)21-16(2,3)4/h5-10,13H,1-4H3,(H,17,18)(H,19,20)/t13-/m1/s1. The normalized spacial score (nSPS) is 12.8. The summed E-state index contributed by atoms with van der Waals surface area (Å²) in [7, 11) is 0. The number of aryl methyl sites for hydroxylation is 1. The summed E-state index contributed by atoms with van der Waals surface area (Å²) in [6, 6.07) is 9.31. The fourth-order valence-electron chi connectivity index (χ4n) is 1.96. The smallest absolute Gasteiger partial charge is 0.408 e. The molecule has 2 aromatic rings. The zero-order valence-electron chi connectivity index (χ0n) is 12.8. The van der Waals surface area contributed by atoms with Crippen LogP contribution in [0.5, 0.6) is 0 Å². The Labute approximate surface area is 124 Å². The minimum absolute atomic E-state index is 0.366. The molecule has 1 atom stereocenters. The monoisotopic (exact) mass is 287 g/mol. The van der Waals surface area contributed by atoms with Crippen molar-refractivity contribution >= 4 is 6.09 Å². The van der Waals surface area contributed by atoms with Crippen LogP contribution in [0.15, 0.2) is 36.5 Å². The second-order valence-corrected chi connectivity index (χ2v) is 5.94. The van der Waals surface area contributed by atoms with Gasteiger partial charge in [-0.15, -0.1) is 0 Å². The molecular formula is C16H21N3O2. The van der Waals surface area contributed by atoms with E-state index in [1.54, 1.807) is 6.20 Å². The molecule has 5 heteroatoms. The van der Waals surface area contributed by atoms with Crippen LogP contribution in [0.25, 0.3) is 0 Å². The number of rotatable bonds is 3. The number of carbonyl (C=O) groups excluding carboxylic acids is 1. The first-order valence-corrected chi connectivity index (χ1v) is 6.91. The molecule has 1 amide bonds. The van der Waals surface area contributed by atoms with E-state index in [0.717, 1.165) is 11.3 Å². The van der Waals surface area contributed by atoms with Crippen LogP contribution in [0, 0.1) is 6.92 Å². The van der Waals surface area contributed by atoms with Crippen molar-refractivity contribution in [1.29, 1.82) is 0 Å². The molecule has 0 spiro atoms. The van der Waals surface area contributed by atoms with Crippen molar-refractivity contribution in [3.8, 4) is 0 Å². The number of alkyl carbamates (subject to hydrolysis) is 1. The van der Waals surface area contributed by atoms with Crippen molar-refractivity contribution in [3.63, 3.8) is 0 Å². The summed E-state index contributed by atoms with van der Waals surface area (Å²) in [6.07, 6.45) is 1.27. The molecule has 0 saturated heterocycles. The molecule has 2 rings (SSSR count). The molecule has 1 aromatic carbocycles. The summed E-state index contributed by atoms with van der Waals surface area (Å²) in [5, 5.41) is 2.86. The van der Waals surface area contributed by atoms with E-state index in [1.165, 1.54) is 0 Å². The third-order valence-corrected chi connectivity index (χ3v) is 2.79. The summed E-state index contributed by atoms with van der Waals surface area (Å²) in [6.45, 7) is 7.43. The number of aromatic amines is 1. The van der Waals surface area contributed by atoms with Crippen molar-refractivity contribution < 1.29 is 9.53 Å². The number of H-pyrrole nitrogens is 1. The molecular weight excluding hydrogens is 266 g/mol. The van der Waals surface area contributed by atoms with Gasteiger partial charge in [0.25, 0.3) is 0 Å². The topological polar surface area (TPSA) is 67.0 Å². The van der Waals surface area contributed by atoms with Crippen molar-refractivity contribution in [2.24, 2.45) is 0 Å². The highest BCUT2D eigenvalue weighted by atomic mass is 16.6. The van der Waals surface area contributed by atoms with Crippen LogP contribution in [0.2, 0.25) is 0 Å². The summed E-state index contributed by atoms with van der Waals surface area (Å²) in [5.74, 6) is 0.685. The fraction of sp³-hybridized carbons (Fsp3) is 0.375. The Morgan fingerprint density at radius 1 is 1.29 bits per heavy atom. The largest absolute Gasteiger partial charge is 0.444 e. The van der Waals surface area contributed by atoms with E-state index in [4.69, 9.17) is 4.74 Å². The Kier molecular flexibility index (Phi) is 4.31. The zero-order chi connectivity index (χ0) is 15.5. The van der Waals surface area contributed by atoms with E-state index in [0.29, 0.717) is 5.82 Å². The summed E-state index contributed by atoms with van der Waals surface area (Å²) < 4.78 is 5.33. The molecule has 0 bridgehead atoms. The highest BCUT2D eigenvalue weighted by Gasteiger charge is 2.23. The first-order valence-electron chi connectivity index (χ1n) is 6.91. The van der Waals surface area contributed by atoms with Gasteiger partial charge in [-0.25, -0.2) is 9.78 Å². The number of aromatic nitrogens is 2. The molecule has 0 radical (unpaired) electrons. The third kappa shape index (κ3) is 4.34. The molecule has 5 nitrogen and oxygen atoms in total. The van der Waals surface area contributed by atoms with E-state index < -0.39 is 11.7 Å². The molecule has 0 aliphatic rings. The molecule has 0 saturated carbocycles. The van der Waals surface area contributed by atoms with E-state index in [2.05, 4.69) is 15.3 Å². The van der Waals surface area contributed by atoms with Crippen molar-refractivity contribution in [2.45, 2.75) is 39.3 Å². The molecule has 1 aromatic heterocycles. The number of hydrogen-bond acceptors (Lipinski definition) is 3. The molecule has 0 fully saturated rings. The fourth-order valence-corrected chi connectivity index (χ4v) is 1.96. The Balaban J connectivity index is 2.23. The van der Waals surface area contributed by atoms with Gasteiger partial charge < -0.3 is 15.0 Å². The van der Waals surface area contributed by atoms with Crippen molar-refractivity contribution in [3.05, 3.63) is 53.6 Å². The van der Waals surface area contributed by atoms with E-state index in [1.807, 2.05) is 58.0 Å².